The van der Waals surface area contributed by atoms with Gasteiger partial charge in [-0.2, -0.15) is 4.98 Å². The molecule has 0 spiro atoms. The molecule has 0 saturated carbocycles. The quantitative estimate of drug-likeness (QED) is 0.368. The first-order valence-corrected chi connectivity index (χ1v) is 7.68. The summed E-state index contributed by atoms with van der Waals surface area (Å²) in [6.45, 7) is 5.72. The van der Waals surface area contributed by atoms with Gasteiger partial charge in [-0.15, -0.1) is 0 Å². The van der Waals surface area contributed by atoms with Crippen LogP contribution in [-0.4, -0.2) is 28.0 Å². The SMILES string of the molecule is CCCCCNc1ncc([N+](=O)[O-])c(NCCCCC)n1. The highest BCUT2D eigenvalue weighted by Crippen LogP contribution is 2.22. The normalized spacial score (nSPS) is 10.4. The minimum Gasteiger partial charge on any atom is -0.364 e. The molecular formula is C14H25N5O2. The summed E-state index contributed by atoms with van der Waals surface area (Å²) in [7, 11) is 0. The summed E-state index contributed by atoms with van der Waals surface area (Å²) in [5, 5.41) is 17.1. The molecule has 0 aliphatic carbocycles. The van der Waals surface area contributed by atoms with Crippen LogP contribution in [-0.2, 0) is 0 Å². The zero-order valence-electron chi connectivity index (χ0n) is 12.9. The van der Waals surface area contributed by atoms with E-state index in [2.05, 4.69) is 34.4 Å². The number of anilines is 2. The molecule has 7 nitrogen and oxygen atoms in total. The smallest absolute Gasteiger partial charge is 0.329 e. The maximum Gasteiger partial charge on any atom is 0.329 e. The molecule has 1 aromatic rings. The number of nitrogens with one attached hydrogen (secondary N) is 2. The fourth-order valence-electron chi connectivity index (χ4n) is 1.88. The van der Waals surface area contributed by atoms with E-state index >= 15 is 0 Å². The van der Waals surface area contributed by atoms with Crippen molar-refractivity contribution in [3.05, 3.63) is 16.3 Å². The number of aromatic nitrogens is 2. The first-order valence-electron chi connectivity index (χ1n) is 7.68. The van der Waals surface area contributed by atoms with Crippen LogP contribution in [0.1, 0.15) is 52.4 Å². The fraction of sp³-hybridized carbons (Fsp3) is 0.714. The number of nitrogens with zero attached hydrogens (tertiary/aromatic N) is 3. The monoisotopic (exact) mass is 295 g/mol. The van der Waals surface area contributed by atoms with Gasteiger partial charge in [-0.25, -0.2) is 4.98 Å². The van der Waals surface area contributed by atoms with Gasteiger partial charge >= 0.3 is 5.69 Å². The third-order valence-electron chi connectivity index (χ3n) is 3.10. The van der Waals surface area contributed by atoms with Crippen LogP contribution in [0.15, 0.2) is 6.20 Å². The third-order valence-corrected chi connectivity index (χ3v) is 3.10. The van der Waals surface area contributed by atoms with Gasteiger partial charge in [0.05, 0.1) is 4.92 Å². The summed E-state index contributed by atoms with van der Waals surface area (Å²) >= 11 is 0. The minimum absolute atomic E-state index is 0.0781. The van der Waals surface area contributed by atoms with Crippen molar-refractivity contribution in [3.63, 3.8) is 0 Å². The molecule has 0 bridgehead atoms. The maximum atomic E-state index is 11.0. The van der Waals surface area contributed by atoms with Crippen molar-refractivity contribution in [3.8, 4) is 0 Å². The Hall–Kier alpha value is -1.92. The Morgan fingerprint density at radius 3 is 2.29 bits per heavy atom. The molecule has 1 heterocycles. The zero-order chi connectivity index (χ0) is 15.5. The van der Waals surface area contributed by atoms with E-state index in [1.165, 1.54) is 6.20 Å². The molecule has 118 valence electrons. The molecule has 1 aromatic heterocycles. The summed E-state index contributed by atoms with van der Waals surface area (Å²) in [5.74, 6) is 0.735. The molecule has 0 aliphatic heterocycles. The van der Waals surface area contributed by atoms with Gasteiger partial charge in [0.1, 0.15) is 6.20 Å². The van der Waals surface area contributed by atoms with Crippen LogP contribution >= 0.6 is 0 Å². The Kier molecular flexibility index (Phi) is 8.08. The standard InChI is InChI=1S/C14H25N5O2/c1-3-5-7-9-15-13-12(19(20)21)11-17-14(18-13)16-10-8-6-4-2/h11H,3-10H2,1-2H3,(H2,15,16,17,18). The van der Waals surface area contributed by atoms with Crippen LogP contribution in [0.25, 0.3) is 0 Å². The predicted molar refractivity (Wildman–Crippen MR) is 84.7 cm³/mol. The van der Waals surface area contributed by atoms with E-state index in [0.29, 0.717) is 18.3 Å². The first kappa shape index (κ1) is 17.1. The van der Waals surface area contributed by atoms with E-state index < -0.39 is 4.92 Å². The van der Waals surface area contributed by atoms with Gasteiger partial charge in [0.25, 0.3) is 0 Å². The third kappa shape index (κ3) is 6.37. The van der Waals surface area contributed by atoms with Gasteiger partial charge in [-0.3, -0.25) is 10.1 Å². The van der Waals surface area contributed by atoms with E-state index in [-0.39, 0.29) is 5.69 Å². The lowest BCUT2D eigenvalue weighted by Crippen LogP contribution is -2.11. The topological polar surface area (TPSA) is 93.0 Å². The molecular weight excluding hydrogens is 270 g/mol. The molecule has 0 saturated heterocycles. The van der Waals surface area contributed by atoms with Gasteiger partial charge in [-0.1, -0.05) is 39.5 Å². The van der Waals surface area contributed by atoms with Crippen LogP contribution < -0.4 is 10.6 Å². The van der Waals surface area contributed by atoms with Crippen LogP contribution in [0.3, 0.4) is 0 Å². The fourth-order valence-corrected chi connectivity index (χ4v) is 1.88. The van der Waals surface area contributed by atoms with E-state index in [9.17, 15) is 10.1 Å². The van der Waals surface area contributed by atoms with E-state index in [1.54, 1.807) is 0 Å². The van der Waals surface area contributed by atoms with Crippen molar-refractivity contribution < 1.29 is 4.92 Å². The second-order valence-electron chi connectivity index (χ2n) is 4.95. The lowest BCUT2D eigenvalue weighted by molar-refractivity contribution is -0.384. The van der Waals surface area contributed by atoms with Crippen molar-refractivity contribution in [1.29, 1.82) is 0 Å². The van der Waals surface area contributed by atoms with Crippen LogP contribution in [0, 0.1) is 10.1 Å². The summed E-state index contributed by atoms with van der Waals surface area (Å²) in [6.07, 6.45) is 7.76. The lowest BCUT2D eigenvalue weighted by atomic mass is 10.2. The Bertz CT molecular complexity index is 439. The number of unbranched alkanes of at least 4 members (excludes halogenated alkanes) is 4. The van der Waals surface area contributed by atoms with Gasteiger partial charge in [0.2, 0.25) is 11.8 Å². The van der Waals surface area contributed by atoms with E-state index in [0.717, 1.165) is 45.1 Å². The van der Waals surface area contributed by atoms with E-state index in [1.807, 2.05) is 0 Å². The number of nitro groups is 1. The highest BCUT2D eigenvalue weighted by atomic mass is 16.6. The second kappa shape index (κ2) is 9.90. The average molecular weight is 295 g/mol. The maximum absolute atomic E-state index is 11.0. The molecule has 1 rings (SSSR count). The van der Waals surface area contributed by atoms with Crippen LogP contribution in [0.2, 0.25) is 0 Å². The summed E-state index contributed by atoms with van der Waals surface area (Å²) in [4.78, 5) is 18.7. The Labute approximate surface area is 125 Å². The second-order valence-corrected chi connectivity index (χ2v) is 4.95. The van der Waals surface area contributed by atoms with E-state index in [4.69, 9.17) is 0 Å². The van der Waals surface area contributed by atoms with Gasteiger partial charge in [0, 0.05) is 13.1 Å². The minimum atomic E-state index is -0.455. The molecule has 0 fully saturated rings. The van der Waals surface area contributed by atoms with Crippen molar-refractivity contribution in [2.75, 3.05) is 23.7 Å². The largest absolute Gasteiger partial charge is 0.364 e. The molecule has 0 atom stereocenters. The molecule has 21 heavy (non-hydrogen) atoms. The molecule has 0 amide bonds. The molecule has 2 N–H and O–H groups in total. The Morgan fingerprint density at radius 1 is 1.10 bits per heavy atom. The number of hydrogen-bond donors (Lipinski definition) is 2. The predicted octanol–water partition coefficient (Wildman–Crippen LogP) is 3.59. The number of hydrogen-bond acceptors (Lipinski definition) is 6. The molecule has 0 aromatic carbocycles. The number of rotatable bonds is 11. The molecule has 0 aliphatic rings. The van der Waals surface area contributed by atoms with Crippen molar-refractivity contribution in [1.82, 2.24) is 9.97 Å². The average Bonchev–Trinajstić information content (AvgIpc) is 2.48. The van der Waals surface area contributed by atoms with Crippen molar-refractivity contribution in [2.24, 2.45) is 0 Å². The molecule has 0 radical (unpaired) electrons. The summed E-state index contributed by atoms with van der Waals surface area (Å²) < 4.78 is 0. The molecule has 7 heteroatoms. The zero-order valence-corrected chi connectivity index (χ0v) is 12.9. The van der Waals surface area contributed by atoms with Gasteiger partial charge in [-0.05, 0) is 12.8 Å². The van der Waals surface area contributed by atoms with Crippen LogP contribution in [0.4, 0.5) is 17.5 Å². The van der Waals surface area contributed by atoms with Gasteiger partial charge in [0.15, 0.2) is 0 Å². The summed E-state index contributed by atoms with van der Waals surface area (Å²) in [6, 6.07) is 0. The summed E-state index contributed by atoms with van der Waals surface area (Å²) in [5.41, 5.74) is -0.0781. The lowest BCUT2D eigenvalue weighted by Gasteiger charge is -2.08. The first-order chi connectivity index (χ1) is 10.2. The highest BCUT2D eigenvalue weighted by molar-refractivity contribution is 5.56. The Morgan fingerprint density at radius 2 is 1.71 bits per heavy atom. The van der Waals surface area contributed by atoms with Crippen LogP contribution in [0.5, 0.6) is 0 Å². The Balaban J connectivity index is 2.64. The van der Waals surface area contributed by atoms with Gasteiger partial charge < -0.3 is 10.6 Å². The van der Waals surface area contributed by atoms with Crippen molar-refractivity contribution in [2.45, 2.75) is 52.4 Å². The molecule has 0 unspecified atom stereocenters. The highest BCUT2D eigenvalue weighted by Gasteiger charge is 2.16. The van der Waals surface area contributed by atoms with Crippen molar-refractivity contribution >= 4 is 17.5 Å².